The number of hydrogen-bond donors (Lipinski definition) is 2. The molecule has 9 heteroatoms. The summed E-state index contributed by atoms with van der Waals surface area (Å²) in [5, 5.41) is 4.87. The van der Waals surface area contributed by atoms with Crippen molar-refractivity contribution in [3.63, 3.8) is 0 Å². The maximum Gasteiger partial charge on any atom is 0.264 e. The second-order valence-electron chi connectivity index (χ2n) is 5.33. The summed E-state index contributed by atoms with van der Waals surface area (Å²) in [7, 11) is -4.02. The first-order chi connectivity index (χ1) is 12.3. The van der Waals surface area contributed by atoms with E-state index < -0.39 is 20.7 Å². The molecule has 0 radical (unpaired) electrons. The van der Waals surface area contributed by atoms with E-state index in [2.05, 4.69) is 15.0 Å². The molecule has 1 amide bonds. The van der Waals surface area contributed by atoms with Gasteiger partial charge in [0.2, 0.25) is 5.91 Å². The summed E-state index contributed by atoms with van der Waals surface area (Å²) in [6.45, 7) is 1.40. The Morgan fingerprint density at radius 1 is 1.12 bits per heavy atom. The summed E-state index contributed by atoms with van der Waals surface area (Å²) in [5.74, 6) is -1.02. The minimum absolute atomic E-state index is 0.205. The van der Waals surface area contributed by atoms with Crippen LogP contribution < -0.4 is 10.0 Å². The number of halogens is 1. The Bertz CT molecular complexity index is 1050. The van der Waals surface area contributed by atoms with Crippen molar-refractivity contribution in [2.45, 2.75) is 11.8 Å². The van der Waals surface area contributed by atoms with E-state index in [1.165, 1.54) is 36.5 Å². The number of hydrogen-bond acceptors (Lipinski definition) is 5. The third-order valence-corrected chi connectivity index (χ3v) is 5.52. The number of benzene rings is 2. The molecule has 0 unspecified atom stereocenters. The minimum Gasteiger partial charge on any atom is -0.302 e. The summed E-state index contributed by atoms with van der Waals surface area (Å²) in [5.41, 5.74) is 1.71. The molecule has 0 fully saturated rings. The Labute approximate surface area is 153 Å². The van der Waals surface area contributed by atoms with Crippen LogP contribution in [0.5, 0.6) is 0 Å². The van der Waals surface area contributed by atoms with Crippen LogP contribution >= 0.6 is 11.3 Å². The number of nitrogens with zero attached hydrogens (tertiary/aromatic N) is 1. The van der Waals surface area contributed by atoms with Crippen LogP contribution in [0.15, 0.2) is 58.8 Å². The van der Waals surface area contributed by atoms with Gasteiger partial charge in [0.05, 0.1) is 5.69 Å². The van der Waals surface area contributed by atoms with Gasteiger partial charge >= 0.3 is 0 Å². The molecule has 134 valence electrons. The number of sulfonamides is 1. The van der Waals surface area contributed by atoms with E-state index in [0.717, 1.165) is 11.6 Å². The predicted octanol–water partition coefficient (Wildman–Crippen LogP) is 3.71. The van der Waals surface area contributed by atoms with Crippen molar-refractivity contribution >= 4 is 38.1 Å². The molecule has 0 aliphatic rings. The zero-order valence-corrected chi connectivity index (χ0v) is 15.2. The molecule has 26 heavy (non-hydrogen) atoms. The molecular weight excluding hydrogens is 377 g/mol. The Balaban J connectivity index is 1.79. The second kappa shape index (κ2) is 7.22. The molecule has 2 aromatic carbocycles. The Morgan fingerprint density at radius 3 is 2.46 bits per heavy atom. The van der Waals surface area contributed by atoms with Gasteiger partial charge in [0.15, 0.2) is 5.13 Å². The number of rotatable bonds is 5. The topological polar surface area (TPSA) is 88.2 Å². The first-order valence-corrected chi connectivity index (χ1v) is 9.82. The molecule has 0 aliphatic heterocycles. The molecule has 1 heterocycles. The smallest absolute Gasteiger partial charge is 0.264 e. The van der Waals surface area contributed by atoms with E-state index in [-0.39, 0.29) is 5.91 Å². The van der Waals surface area contributed by atoms with Gasteiger partial charge in [-0.05, 0) is 24.3 Å². The van der Waals surface area contributed by atoms with Crippen LogP contribution in [0, 0.1) is 5.82 Å². The second-order valence-corrected chi connectivity index (χ2v) is 7.84. The van der Waals surface area contributed by atoms with Gasteiger partial charge in [-0.2, -0.15) is 0 Å². The van der Waals surface area contributed by atoms with Crippen LogP contribution in [0.4, 0.5) is 15.2 Å². The quantitative estimate of drug-likeness (QED) is 0.694. The maximum absolute atomic E-state index is 13.7. The highest BCUT2D eigenvalue weighted by atomic mass is 32.2. The van der Waals surface area contributed by atoms with E-state index in [1.807, 2.05) is 0 Å². The van der Waals surface area contributed by atoms with Crippen molar-refractivity contribution in [3.8, 4) is 11.3 Å². The molecular formula is C17H14FN3O3S2. The van der Waals surface area contributed by atoms with Crippen molar-refractivity contribution in [2.75, 3.05) is 10.0 Å². The molecule has 0 aliphatic carbocycles. The lowest BCUT2D eigenvalue weighted by Gasteiger charge is -2.09. The zero-order chi connectivity index (χ0) is 18.7. The van der Waals surface area contributed by atoms with Crippen LogP contribution in [0.3, 0.4) is 0 Å². The van der Waals surface area contributed by atoms with E-state index >= 15 is 0 Å². The van der Waals surface area contributed by atoms with Gasteiger partial charge in [-0.1, -0.05) is 24.3 Å². The van der Waals surface area contributed by atoms with Crippen molar-refractivity contribution in [1.29, 1.82) is 0 Å². The summed E-state index contributed by atoms with van der Waals surface area (Å²) < 4.78 is 40.6. The normalized spacial score (nSPS) is 11.2. The third kappa shape index (κ3) is 4.06. The molecule has 0 atom stereocenters. The molecule has 0 bridgehead atoms. The van der Waals surface area contributed by atoms with Gasteiger partial charge in [-0.15, -0.1) is 11.3 Å². The van der Waals surface area contributed by atoms with Crippen molar-refractivity contribution in [2.24, 2.45) is 0 Å². The summed E-state index contributed by atoms with van der Waals surface area (Å²) in [6, 6.07) is 11.7. The third-order valence-electron chi connectivity index (χ3n) is 3.35. The molecule has 6 nitrogen and oxygen atoms in total. The Kier molecular flexibility index (Phi) is 5.01. The number of aromatic nitrogens is 1. The number of nitrogens with one attached hydrogen (secondary N) is 2. The Hall–Kier alpha value is -2.78. The lowest BCUT2D eigenvalue weighted by molar-refractivity contribution is -0.114. The molecule has 1 aromatic heterocycles. The molecule has 3 aromatic rings. The van der Waals surface area contributed by atoms with Gasteiger partial charge in [0, 0.05) is 23.6 Å². The molecule has 0 spiro atoms. The van der Waals surface area contributed by atoms with Gasteiger partial charge < -0.3 is 5.32 Å². The first kappa shape index (κ1) is 18.0. The largest absolute Gasteiger partial charge is 0.302 e. The lowest BCUT2D eigenvalue weighted by Crippen LogP contribution is -2.14. The van der Waals surface area contributed by atoms with E-state index in [9.17, 15) is 17.6 Å². The predicted molar refractivity (Wildman–Crippen MR) is 99.1 cm³/mol. The Morgan fingerprint density at radius 2 is 1.81 bits per heavy atom. The monoisotopic (exact) mass is 391 g/mol. The highest BCUT2D eigenvalue weighted by molar-refractivity contribution is 7.92. The van der Waals surface area contributed by atoms with Crippen LogP contribution in [0.1, 0.15) is 6.92 Å². The fraction of sp³-hybridized carbons (Fsp3) is 0.0588. The van der Waals surface area contributed by atoms with Gasteiger partial charge in [0.25, 0.3) is 10.0 Å². The van der Waals surface area contributed by atoms with Crippen molar-refractivity contribution in [1.82, 2.24) is 4.98 Å². The molecule has 3 rings (SSSR count). The average Bonchev–Trinajstić information content (AvgIpc) is 3.03. The van der Waals surface area contributed by atoms with E-state index in [1.54, 1.807) is 29.6 Å². The highest BCUT2D eigenvalue weighted by Crippen LogP contribution is 2.27. The summed E-state index contributed by atoms with van der Waals surface area (Å²) in [6.07, 6.45) is 0. The number of thiazole rings is 1. The number of amides is 1. The zero-order valence-electron chi connectivity index (χ0n) is 13.6. The van der Waals surface area contributed by atoms with Crippen molar-refractivity contribution < 1.29 is 17.6 Å². The molecule has 2 N–H and O–H groups in total. The molecule has 0 saturated carbocycles. The summed E-state index contributed by atoms with van der Waals surface area (Å²) in [4.78, 5) is 14.9. The number of carbonyl (C=O) groups excluding carboxylic acids is 1. The van der Waals surface area contributed by atoms with Gasteiger partial charge in [-0.3, -0.25) is 9.52 Å². The van der Waals surface area contributed by atoms with Crippen LogP contribution in [0.25, 0.3) is 11.3 Å². The van der Waals surface area contributed by atoms with Crippen LogP contribution in [-0.4, -0.2) is 19.3 Å². The van der Waals surface area contributed by atoms with E-state index in [0.29, 0.717) is 16.5 Å². The van der Waals surface area contributed by atoms with Gasteiger partial charge in [-0.25, -0.2) is 17.8 Å². The average molecular weight is 391 g/mol. The SMILES string of the molecule is CC(=O)Nc1nc(-c2ccc(NS(=O)(=O)c3ccccc3F)cc2)cs1. The summed E-state index contributed by atoms with van der Waals surface area (Å²) >= 11 is 1.29. The number of anilines is 2. The van der Waals surface area contributed by atoms with Crippen LogP contribution in [-0.2, 0) is 14.8 Å². The van der Waals surface area contributed by atoms with Crippen molar-refractivity contribution in [3.05, 3.63) is 59.7 Å². The lowest BCUT2D eigenvalue weighted by atomic mass is 10.1. The molecule has 0 saturated heterocycles. The highest BCUT2D eigenvalue weighted by Gasteiger charge is 2.18. The fourth-order valence-corrected chi connectivity index (χ4v) is 4.10. The fourth-order valence-electron chi connectivity index (χ4n) is 2.20. The minimum atomic E-state index is -4.02. The first-order valence-electron chi connectivity index (χ1n) is 7.46. The standard InChI is InChI=1S/C17H14FN3O3S2/c1-11(22)19-17-20-15(10-25-17)12-6-8-13(9-7-12)21-26(23,24)16-5-3-2-4-14(16)18/h2-10,21H,1H3,(H,19,20,22). The number of carbonyl (C=O) groups is 1. The van der Waals surface area contributed by atoms with Gasteiger partial charge in [0.1, 0.15) is 10.7 Å². The maximum atomic E-state index is 13.7. The van der Waals surface area contributed by atoms with Crippen LogP contribution in [0.2, 0.25) is 0 Å². The van der Waals surface area contributed by atoms with E-state index in [4.69, 9.17) is 0 Å².